The summed E-state index contributed by atoms with van der Waals surface area (Å²) in [5.74, 6) is -0.436. The molecule has 1 unspecified atom stereocenters. The smallest absolute Gasteiger partial charge is 0.146 e. The molecule has 4 nitrogen and oxygen atoms in total. The molecule has 1 aromatic carbocycles. The molecular formula is C16H26FN3O. The number of piperidine rings is 1. The van der Waals surface area contributed by atoms with E-state index in [-0.39, 0.29) is 5.69 Å². The fourth-order valence-electron chi connectivity index (χ4n) is 2.88. The lowest BCUT2D eigenvalue weighted by molar-refractivity contribution is 0.110. The molecule has 2 rings (SSSR count). The maximum atomic E-state index is 13.1. The second kappa shape index (κ2) is 7.20. The van der Waals surface area contributed by atoms with Crippen molar-refractivity contribution in [3.63, 3.8) is 0 Å². The SMILES string of the molecule is CN1CCC(N(C)CCC(O)c2ccc(F)c(N)c2)CC1. The van der Waals surface area contributed by atoms with Crippen molar-refractivity contribution in [3.05, 3.63) is 29.6 Å². The predicted molar refractivity (Wildman–Crippen MR) is 83.5 cm³/mol. The van der Waals surface area contributed by atoms with Gasteiger partial charge >= 0.3 is 0 Å². The molecule has 0 saturated carbocycles. The summed E-state index contributed by atoms with van der Waals surface area (Å²) >= 11 is 0. The number of hydrogen-bond donors (Lipinski definition) is 2. The largest absolute Gasteiger partial charge is 0.396 e. The van der Waals surface area contributed by atoms with Gasteiger partial charge in [-0.2, -0.15) is 0 Å². The summed E-state index contributed by atoms with van der Waals surface area (Å²) < 4.78 is 13.1. The Morgan fingerprint density at radius 2 is 2.10 bits per heavy atom. The Morgan fingerprint density at radius 1 is 1.43 bits per heavy atom. The number of anilines is 1. The summed E-state index contributed by atoms with van der Waals surface area (Å²) in [6.07, 6.45) is 2.38. The minimum Gasteiger partial charge on any atom is -0.396 e. The monoisotopic (exact) mass is 295 g/mol. The Labute approximate surface area is 126 Å². The van der Waals surface area contributed by atoms with Gasteiger partial charge < -0.3 is 20.6 Å². The first kappa shape index (κ1) is 16.2. The predicted octanol–water partition coefficient (Wildman–Crippen LogP) is 1.86. The summed E-state index contributed by atoms with van der Waals surface area (Å²) in [6.45, 7) is 3.09. The van der Waals surface area contributed by atoms with Gasteiger partial charge in [0.25, 0.3) is 0 Å². The van der Waals surface area contributed by atoms with E-state index in [0.717, 1.165) is 19.6 Å². The molecular weight excluding hydrogens is 269 g/mol. The Kier molecular flexibility index (Phi) is 5.56. The Hall–Kier alpha value is -1.17. The van der Waals surface area contributed by atoms with Crippen molar-refractivity contribution in [3.8, 4) is 0 Å². The number of rotatable bonds is 5. The molecule has 1 aromatic rings. The van der Waals surface area contributed by atoms with Crippen molar-refractivity contribution in [1.82, 2.24) is 9.80 Å². The summed E-state index contributed by atoms with van der Waals surface area (Å²) in [6, 6.07) is 5.03. The van der Waals surface area contributed by atoms with Gasteiger partial charge in [-0.05, 0) is 64.1 Å². The molecule has 0 aliphatic carbocycles. The molecule has 3 N–H and O–H groups in total. The number of likely N-dealkylation sites (tertiary alicyclic amines) is 1. The van der Waals surface area contributed by atoms with Crippen LogP contribution in [-0.4, -0.2) is 54.7 Å². The van der Waals surface area contributed by atoms with Crippen LogP contribution in [0, 0.1) is 5.82 Å². The first-order valence-corrected chi connectivity index (χ1v) is 7.59. The van der Waals surface area contributed by atoms with Crippen molar-refractivity contribution in [1.29, 1.82) is 0 Å². The van der Waals surface area contributed by atoms with Gasteiger partial charge in [0.15, 0.2) is 0 Å². The number of aliphatic hydroxyl groups excluding tert-OH is 1. The van der Waals surface area contributed by atoms with E-state index in [9.17, 15) is 9.50 Å². The van der Waals surface area contributed by atoms with Crippen LogP contribution in [0.4, 0.5) is 10.1 Å². The zero-order chi connectivity index (χ0) is 15.4. The van der Waals surface area contributed by atoms with Crippen molar-refractivity contribution < 1.29 is 9.50 Å². The number of nitrogens with two attached hydrogens (primary N) is 1. The van der Waals surface area contributed by atoms with Crippen LogP contribution < -0.4 is 5.73 Å². The third-order valence-electron chi connectivity index (χ3n) is 4.47. The molecule has 0 radical (unpaired) electrons. The van der Waals surface area contributed by atoms with Crippen molar-refractivity contribution in [2.45, 2.75) is 31.4 Å². The number of halogens is 1. The topological polar surface area (TPSA) is 52.7 Å². The molecule has 1 fully saturated rings. The number of aliphatic hydroxyl groups is 1. The highest BCUT2D eigenvalue weighted by Crippen LogP contribution is 2.22. The maximum Gasteiger partial charge on any atom is 0.146 e. The normalized spacial score (nSPS) is 19.1. The highest BCUT2D eigenvalue weighted by Gasteiger charge is 2.21. The maximum absolute atomic E-state index is 13.1. The second-order valence-electron chi connectivity index (χ2n) is 6.10. The van der Waals surface area contributed by atoms with Gasteiger partial charge in [-0.15, -0.1) is 0 Å². The van der Waals surface area contributed by atoms with Crippen LogP contribution in [0.15, 0.2) is 18.2 Å². The highest BCUT2D eigenvalue weighted by atomic mass is 19.1. The third-order valence-corrected chi connectivity index (χ3v) is 4.47. The third kappa shape index (κ3) is 4.40. The fraction of sp³-hybridized carbons (Fsp3) is 0.625. The first-order chi connectivity index (χ1) is 9.97. The van der Waals surface area contributed by atoms with Gasteiger partial charge in [0, 0.05) is 12.6 Å². The van der Waals surface area contributed by atoms with Gasteiger partial charge in [0.1, 0.15) is 5.82 Å². The Morgan fingerprint density at radius 3 is 2.71 bits per heavy atom. The zero-order valence-corrected chi connectivity index (χ0v) is 12.9. The standard InChI is InChI=1S/C16H26FN3O/c1-19-8-5-13(6-9-19)20(2)10-7-16(21)12-3-4-14(17)15(18)11-12/h3-4,11,13,16,21H,5-10,18H2,1-2H3. The van der Waals surface area contributed by atoms with E-state index in [1.807, 2.05) is 0 Å². The summed E-state index contributed by atoms with van der Waals surface area (Å²) in [5.41, 5.74) is 6.32. The highest BCUT2D eigenvalue weighted by molar-refractivity contribution is 5.43. The van der Waals surface area contributed by atoms with E-state index in [1.54, 1.807) is 6.07 Å². The van der Waals surface area contributed by atoms with Crippen LogP contribution in [0.1, 0.15) is 30.9 Å². The van der Waals surface area contributed by atoms with E-state index in [4.69, 9.17) is 5.73 Å². The van der Waals surface area contributed by atoms with Gasteiger partial charge in [0.05, 0.1) is 11.8 Å². The van der Waals surface area contributed by atoms with Crippen LogP contribution in [0.25, 0.3) is 0 Å². The second-order valence-corrected chi connectivity index (χ2v) is 6.10. The van der Waals surface area contributed by atoms with E-state index in [1.165, 1.54) is 25.0 Å². The lowest BCUT2D eigenvalue weighted by atomic mass is 10.0. The molecule has 1 saturated heterocycles. The molecule has 1 atom stereocenters. The van der Waals surface area contributed by atoms with Crippen LogP contribution in [-0.2, 0) is 0 Å². The van der Waals surface area contributed by atoms with Crippen molar-refractivity contribution in [2.75, 3.05) is 39.5 Å². The molecule has 0 spiro atoms. The first-order valence-electron chi connectivity index (χ1n) is 7.59. The van der Waals surface area contributed by atoms with Gasteiger partial charge in [-0.3, -0.25) is 0 Å². The molecule has 21 heavy (non-hydrogen) atoms. The number of nitrogens with zero attached hydrogens (tertiary/aromatic N) is 2. The molecule has 118 valence electrons. The molecule has 1 heterocycles. The van der Waals surface area contributed by atoms with Crippen LogP contribution in [0.5, 0.6) is 0 Å². The lowest BCUT2D eigenvalue weighted by Crippen LogP contribution is -2.42. The van der Waals surface area contributed by atoms with Crippen molar-refractivity contribution >= 4 is 5.69 Å². The minimum atomic E-state index is -0.596. The van der Waals surface area contributed by atoms with E-state index >= 15 is 0 Å². The molecule has 0 amide bonds. The van der Waals surface area contributed by atoms with Crippen LogP contribution >= 0.6 is 0 Å². The van der Waals surface area contributed by atoms with E-state index < -0.39 is 11.9 Å². The summed E-state index contributed by atoms with van der Waals surface area (Å²) in [4.78, 5) is 4.67. The minimum absolute atomic E-state index is 0.0928. The molecule has 1 aliphatic heterocycles. The Bertz CT molecular complexity index is 461. The quantitative estimate of drug-likeness (QED) is 0.814. The van der Waals surface area contributed by atoms with E-state index in [0.29, 0.717) is 18.0 Å². The number of benzene rings is 1. The van der Waals surface area contributed by atoms with Crippen LogP contribution in [0.2, 0.25) is 0 Å². The summed E-state index contributed by atoms with van der Waals surface area (Å²) in [5, 5.41) is 10.2. The summed E-state index contributed by atoms with van der Waals surface area (Å²) in [7, 11) is 4.26. The van der Waals surface area contributed by atoms with Gasteiger partial charge in [0.2, 0.25) is 0 Å². The average Bonchev–Trinajstić information content (AvgIpc) is 2.48. The Balaban J connectivity index is 1.82. The zero-order valence-electron chi connectivity index (χ0n) is 12.9. The van der Waals surface area contributed by atoms with Crippen LogP contribution in [0.3, 0.4) is 0 Å². The van der Waals surface area contributed by atoms with E-state index in [2.05, 4.69) is 23.9 Å². The number of nitrogen functional groups attached to an aromatic ring is 1. The molecule has 0 aromatic heterocycles. The fourth-order valence-corrected chi connectivity index (χ4v) is 2.88. The lowest BCUT2D eigenvalue weighted by Gasteiger charge is -2.35. The number of hydrogen-bond acceptors (Lipinski definition) is 4. The molecule has 0 bridgehead atoms. The van der Waals surface area contributed by atoms with Crippen molar-refractivity contribution in [2.24, 2.45) is 0 Å². The van der Waals surface area contributed by atoms with Gasteiger partial charge in [-0.1, -0.05) is 6.07 Å². The average molecular weight is 295 g/mol. The van der Waals surface area contributed by atoms with Gasteiger partial charge in [-0.25, -0.2) is 4.39 Å². The molecule has 1 aliphatic rings. The molecule has 5 heteroatoms.